The van der Waals surface area contributed by atoms with E-state index in [0.29, 0.717) is 23.2 Å². The summed E-state index contributed by atoms with van der Waals surface area (Å²) >= 11 is 5.61. The first-order valence-electron chi connectivity index (χ1n) is 10.4. The van der Waals surface area contributed by atoms with Gasteiger partial charge in [0.2, 0.25) is 10.0 Å². The van der Waals surface area contributed by atoms with Gasteiger partial charge in [0.25, 0.3) is 5.91 Å². The molecule has 2 aromatic carbocycles. The molecule has 1 amide bonds. The third-order valence-electron chi connectivity index (χ3n) is 5.25. The number of likely N-dealkylation sites (tertiary alicyclic amines) is 1. The molecule has 1 N–H and O–H groups in total. The molecule has 0 aliphatic carbocycles. The van der Waals surface area contributed by atoms with Gasteiger partial charge in [-0.1, -0.05) is 41.9 Å². The Morgan fingerprint density at radius 2 is 1.79 bits per heavy atom. The molecule has 0 saturated carbocycles. The standard InChI is InChI=1S/C22H24ClF3N4O3S/c1-34(32,33)30(18-7-8-20(23)19(13-18)22(24,25)26)15-21(31)28-27-17-9-11-29(12-10-17)14-16-5-3-2-4-6-16/h2-8,13H,9-12,14-15H2,1H3,(H,28,31). The van der Waals surface area contributed by atoms with Crippen molar-refractivity contribution in [2.75, 3.05) is 30.2 Å². The summed E-state index contributed by atoms with van der Waals surface area (Å²) in [5, 5.41) is 3.52. The van der Waals surface area contributed by atoms with Gasteiger partial charge in [-0.25, -0.2) is 13.8 Å². The highest BCUT2D eigenvalue weighted by molar-refractivity contribution is 7.92. The number of piperidine rings is 1. The van der Waals surface area contributed by atoms with Crippen LogP contribution in [0.5, 0.6) is 0 Å². The molecule has 0 bridgehead atoms. The van der Waals surface area contributed by atoms with Gasteiger partial charge in [0.1, 0.15) is 6.54 Å². The fourth-order valence-corrected chi connectivity index (χ4v) is 4.59. The largest absolute Gasteiger partial charge is 0.417 e. The Labute approximate surface area is 201 Å². The lowest BCUT2D eigenvalue weighted by molar-refractivity contribution is -0.137. The van der Waals surface area contributed by atoms with Gasteiger partial charge in [-0.2, -0.15) is 18.3 Å². The number of nitrogens with zero attached hydrogens (tertiary/aromatic N) is 3. The minimum absolute atomic E-state index is 0.323. The number of hydrogen-bond acceptors (Lipinski definition) is 5. The molecule has 12 heteroatoms. The van der Waals surface area contributed by atoms with Crippen LogP contribution in [0, 0.1) is 0 Å². The SMILES string of the molecule is CS(=O)(=O)N(CC(=O)NN=C1CCN(Cc2ccccc2)CC1)c1ccc(Cl)c(C(F)(F)F)c1. The number of halogens is 4. The van der Waals surface area contributed by atoms with Crippen LogP contribution in [-0.4, -0.2) is 50.8 Å². The quantitative estimate of drug-likeness (QED) is 0.566. The molecule has 7 nitrogen and oxygen atoms in total. The number of hydrazone groups is 1. The highest BCUT2D eigenvalue weighted by Gasteiger charge is 2.34. The number of carbonyl (C=O) groups excluding carboxylic acids is 1. The van der Waals surface area contributed by atoms with E-state index in [1.165, 1.54) is 5.56 Å². The highest BCUT2D eigenvalue weighted by Crippen LogP contribution is 2.37. The maximum absolute atomic E-state index is 13.2. The predicted molar refractivity (Wildman–Crippen MR) is 125 cm³/mol. The molecule has 1 fully saturated rings. The lowest BCUT2D eigenvalue weighted by atomic mass is 10.1. The monoisotopic (exact) mass is 516 g/mol. The van der Waals surface area contributed by atoms with E-state index in [9.17, 15) is 26.4 Å². The molecular formula is C22H24ClF3N4O3S. The number of anilines is 1. The Morgan fingerprint density at radius 3 is 2.38 bits per heavy atom. The number of sulfonamides is 1. The van der Waals surface area contributed by atoms with Crippen molar-refractivity contribution in [1.82, 2.24) is 10.3 Å². The van der Waals surface area contributed by atoms with Gasteiger partial charge >= 0.3 is 6.18 Å². The normalized spacial score (nSPS) is 15.1. The van der Waals surface area contributed by atoms with Crippen LogP contribution in [-0.2, 0) is 27.5 Å². The van der Waals surface area contributed by atoms with E-state index in [0.717, 1.165) is 43.7 Å². The Balaban J connectivity index is 1.62. The summed E-state index contributed by atoms with van der Waals surface area (Å²) in [5.74, 6) is -0.770. The van der Waals surface area contributed by atoms with E-state index < -0.39 is 39.2 Å². The van der Waals surface area contributed by atoms with Crippen LogP contribution in [0.15, 0.2) is 53.6 Å². The second-order valence-corrected chi connectivity index (χ2v) is 10.2. The molecule has 2 aromatic rings. The number of rotatable bonds is 7. The van der Waals surface area contributed by atoms with Crippen LogP contribution in [0.1, 0.15) is 24.0 Å². The topological polar surface area (TPSA) is 82.1 Å². The summed E-state index contributed by atoms with van der Waals surface area (Å²) in [5.41, 5.74) is 2.77. The molecular weight excluding hydrogens is 493 g/mol. The van der Waals surface area contributed by atoms with Crippen LogP contribution in [0.2, 0.25) is 5.02 Å². The van der Waals surface area contributed by atoms with Crippen molar-refractivity contribution in [2.24, 2.45) is 5.10 Å². The van der Waals surface area contributed by atoms with Gasteiger partial charge in [0, 0.05) is 38.2 Å². The van der Waals surface area contributed by atoms with Gasteiger partial charge in [-0.3, -0.25) is 14.0 Å². The number of benzene rings is 2. The van der Waals surface area contributed by atoms with Crippen molar-refractivity contribution >= 4 is 38.9 Å². The molecule has 184 valence electrons. The zero-order valence-corrected chi connectivity index (χ0v) is 19.9. The van der Waals surface area contributed by atoms with Gasteiger partial charge in [-0.15, -0.1) is 0 Å². The van der Waals surface area contributed by atoms with Gasteiger partial charge < -0.3 is 0 Å². The van der Waals surface area contributed by atoms with Crippen molar-refractivity contribution in [1.29, 1.82) is 0 Å². The van der Waals surface area contributed by atoms with Crippen molar-refractivity contribution in [3.63, 3.8) is 0 Å². The van der Waals surface area contributed by atoms with Crippen molar-refractivity contribution in [2.45, 2.75) is 25.6 Å². The van der Waals surface area contributed by atoms with E-state index in [-0.39, 0.29) is 5.69 Å². The lowest BCUT2D eigenvalue weighted by Crippen LogP contribution is -2.40. The third-order valence-corrected chi connectivity index (χ3v) is 6.72. The summed E-state index contributed by atoms with van der Waals surface area (Å²) in [6, 6.07) is 12.7. The predicted octanol–water partition coefficient (Wildman–Crippen LogP) is 3.89. The van der Waals surface area contributed by atoms with E-state index >= 15 is 0 Å². The Bertz CT molecular complexity index is 1150. The molecule has 1 aliphatic rings. The van der Waals surface area contributed by atoms with E-state index in [1.807, 2.05) is 18.2 Å². The average Bonchev–Trinajstić information content (AvgIpc) is 2.77. The Morgan fingerprint density at radius 1 is 1.15 bits per heavy atom. The number of hydrogen-bond donors (Lipinski definition) is 1. The summed E-state index contributed by atoms with van der Waals surface area (Å²) in [7, 11) is -4.06. The zero-order chi connectivity index (χ0) is 24.9. The highest BCUT2D eigenvalue weighted by atomic mass is 35.5. The van der Waals surface area contributed by atoms with Crippen LogP contribution in [0.3, 0.4) is 0 Å². The summed E-state index contributed by atoms with van der Waals surface area (Å²) in [6.45, 7) is 1.59. The average molecular weight is 517 g/mol. The number of nitrogens with one attached hydrogen (secondary N) is 1. The molecule has 34 heavy (non-hydrogen) atoms. The Kier molecular flexibility index (Phi) is 8.21. The van der Waals surface area contributed by atoms with Gasteiger partial charge in [0.15, 0.2) is 0 Å². The molecule has 0 unspecified atom stereocenters. The fraction of sp³-hybridized carbons (Fsp3) is 0.364. The molecule has 0 aromatic heterocycles. The number of carbonyl (C=O) groups is 1. The third kappa shape index (κ3) is 7.18. The minimum Gasteiger partial charge on any atom is -0.298 e. The van der Waals surface area contributed by atoms with Crippen LogP contribution in [0.4, 0.5) is 18.9 Å². The van der Waals surface area contributed by atoms with Crippen LogP contribution in [0.25, 0.3) is 0 Å². The zero-order valence-electron chi connectivity index (χ0n) is 18.3. The Hall–Kier alpha value is -2.63. The fourth-order valence-electron chi connectivity index (χ4n) is 3.52. The van der Waals surface area contributed by atoms with E-state index in [2.05, 4.69) is 27.6 Å². The van der Waals surface area contributed by atoms with E-state index in [1.54, 1.807) is 0 Å². The molecule has 1 heterocycles. The maximum atomic E-state index is 13.2. The molecule has 1 saturated heterocycles. The second-order valence-electron chi connectivity index (χ2n) is 7.91. The number of amides is 1. The van der Waals surface area contributed by atoms with Crippen LogP contribution < -0.4 is 9.73 Å². The summed E-state index contributed by atoms with van der Waals surface area (Å²) in [4.78, 5) is 14.7. The first-order valence-corrected chi connectivity index (χ1v) is 12.6. The maximum Gasteiger partial charge on any atom is 0.417 e. The van der Waals surface area contributed by atoms with Crippen molar-refractivity contribution < 1.29 is 26.4 Å². The summed E-state index contributed by atoms with van der Waals surface area (Å²) in [6.07, 6.45) is -2.71. The number of alkyl halides is 3. The first kappa shape index (κ1) is 26.0. The lowest BCUT2D eigenvalue weighted by Gasteiger charge is -2.27. The van der Waals surface area contributed by atoms with E-state index in [4.69, 9.17) is 11.6 Å². The van der Waals surface area contributed by atoms with Gasteiger partial charge in [-0.05, 0) is 23.8 Å². The van der Waals surface area contributed by atoms with Crippen LogP contribution >= 0.6 is 11.6 Å². The minimum atomic E-state index is -4.78. The molecule has 0 spiro atoms. The van der Waals surface area contributed by atoms with Crippen molar-refractivity contribution in [3.05, 3.63) is 64.7 Å². The first-order chi connectivity index (χ1) is 15.9. The smallest absolute Gasteiger partial charge is 0.298 e. The molecule has 3 rings (SSSR count). The van der Waals surface area contributed by atoms with Gasteiger partial charge in [0.05, 0.1) is 22.5 Å². The van der Waals surface area contributed by atoms with Crippen molar-refractivity contribution in [3.8, 4) is 0 Å². The summed E-state index contributed by atoms with van der Waals surface area (Å²) < 4.78 is 64.5. The molecule has 1 aliphatic heterocycles. The molecule has 0 radical (unpaired) electrons. The second kappa shape index (κ2) is 10.7. The molecule has 0 atom stereocenters.